The monoisotopic (exact) mass is 595 g/mol. The number of amides is 2. The molecule has 1 N–H and O–H groups in total. The predicted molar refractivity (Wildman–Crippen MR) is 156 cm³/mol. The molecular formula is C30H35F2N7O4. The molecule has 2 amide bonds. The number of benzene rings is 1. The SMILES string of the molecule is Cc1cn2cc(C(=O)Nc3c(F)cc(N4CCN(C(=O)OC(C)(C)C)CC4)c4cnn(C5CCCCO5)c34)cc(F)c2n1. The number of ether oxygens (including phenoxy) is 2. The quantitative estimate of drug-likeness (QED) is 0.342. The number of aryl methyl sites for hydroxylation is 1. The first kappa shape index (κ1) is 28.8. The maximum atomic E-state index is 16.1. The summed E-state index contributed by atoms with van der Waals surface area (Å²) in [6.45, 7) is 9.45. The van der Waals surface area contributed by atoms with Crippen LogP contribution in [0.15, 0.2) is 30.7 Å². The maximum absolute atomic E-state index is 16.1. The number of carbonyl (C=O) groups is 2. The Labute approximate surface area is 247 Å². The van der Waals surface area contributed by atoms with E-state index in [0.717, 1.165) is 18.9 Å². The Hall–Kier alpha value is -4.26. The Balaban J connectivity index is 1.34. The molecule has 2 aliphatic heterocycles. The molecule has 228 valence electrons. The van der Waals surface area contributed by atoms with Gasteiger partial charge >= 0.3 is 6.09 Å². The predicted octanol–water partition coefficient (Wildman–Crippen LogP) is 5.28. The molecule has 4 aromatic rings. The van der Waals surface area contributed by atoms with Gasteiger partial charge in [0.2, 0.25) is 0 Å². The van der Waals surface area contributed by atoms with Crippen molar-refractivity contribution in [2.24, 2.45) is 0 Å². The van der Waals surface area contributed by atoms with E-state index in [1.807, 2.05) is 25.7 Å². The maximum Gasteiger partial charge on any atom is 0.410 e. The molecule has 0 aliphatic carbocycles. The van der Waals surface area contributed by atoms with Gasteiger partial charge in [0, 0.05) is 56.6 Å². The van der Waals surface area contributed by atoms with Crippen LogP contribution in [-0.2, 0) is 9.47 Å². The summed E-state index contributed by atoms with van der Waals surface area (Å²) in [5.41, 5.74) is 1.02. The number of halogens is 2. The van der Waals surface area contributed by atoms with E-state index in [1.165, 1.54) is 16.7 Å². The molecule has 0 spiro atoms. The van der Waals surface area contributed by atoms with Crippen molar-refractivity contribution < 1.29 is 27.8 Å². The minimum atomic E-state index is -0.677. The Morgan fingerprint density at radius 2 is 1.84 bits per heavy atom. The first-order valence-electron chi connectivity index (χ1n) is 14.5. The lowest BCUT2D eigenvalue weighted by Gasteiger charge is -2.37. The van der Waals surface area contributed by atoms with Gasteiger partial charge in [0.15, 0.2) is 23.5 Å². The molecule has 43 heavy (non-hydrogen) atoms. The zero-order valence-corrected chi connectivity index (χ0v) is 24.7. The molecule has 13 heteroatoms. The molecule has 0 saturated carbocycles. The highest BCUT2D eigenvalue weighted by Crippen LogP contribution is 2.38. The third-order valence-electron chi connectivity index (χ3n) is 7.64. The summed E-state index contributed by atoms with van der Waals surface area (Å²) in [5, 5.41) is 7.90. The second-order valence-electron chi connectivity index (χ2n) is 12.0. The van der Waals surface area contributed by atoms with Crippen molar-refractivity contribution >= 4 is 39.9 Å². The Kier molecular flexibility index (Phi) is 7.45. The average molecular weight is 596 g/mol. The fourth-order valence-electron chi connectivity index (χ4n) is 5.64. The lowest BCUT2D eigenvalue weighted by Crippen LogP contribution is -2.50. The number of piperazine rings is 1. The first-order chi connectivity index (χ1) is 20.5. The van der Waals surface area contributed by atoms with E-state index in [1.54, 1.807) is 28.9 Å². The van der Waals surface area contributed by atoms with Crippen LogP contribution < -0.4 is 10.2 Å². The number of hydrogen-bond acceptors (Lipinski definition) is 7. The summed E-state index contributed by atoms with van der Waals surface area (Å²) in [5.74, 6) is -2.00. The number of rotatable bonds is 4. The van der Waals surface area contributed by atoms with Gasteiger partial charge in [0.25, 0.3) is 5.91 Å². The van der Waals surface area contributed by atoms with Gasteiger partial charge in [-0.2, -0.15) is 5.10 Å². The zero-order valence-electron chi connectivity index (χ0n) is 24.7. The summed E-state index contributed by atoms with van der Waals surface area (Å²) in [4.78, 5) is 33.8. The van der Waals surface area contributed by atoms with Crippen molar-refractivity contribution in [3.05, 3.63) is 53.6 Å². The van der Waals surface area contributed by atoms with Gasteiger partial charge in [-0.05, 0) is 53.0 Å². The molecule has 3 aromatic heterocycles. The van der Waals surface area contributed by atoms with Crippen LogP contribution >= 0.6 is 0 Å². The second-order valence-corrected chi connectivity index (χ2v) is 12.0. The third kappa shape index (κ3) is 5.73. The molecule has 6 rings (SSSR count). The highest BCUT2D eigenvalue weighted by atomic mass is 19.1. The van der Waals surface area contributed by atoms with E-state index >= 15 is 4.39 Å². The van der Waals surface area contributed by atoms with Crippen molar-refractivity contribution in [1.29, 1.82) is 0 Å². The highest BCUT2D eigenvalue weighted by molar-refractivity contribution is 6.10. The van der Waals surface area contributed by atoms with E-state index in [4.69, 9.17) is 9.47 Å². The molecule has 2 fully saturated rings. The normalized spacial score (nSPS) is 18.0. The van der Waals surface area contributed by atoms with Gasteiger partial charge in [-0.3, -0.25) is 4.79 Å². The number of hydrogen-bond donors (Lipinski definition) is 1. The summed E-state index contributed by atoms with van der Waals surface area (Å²) in [7, 11) is 0. The Bertz CT molecular complexity index is 1700. The van der Waals surface area contributed by atoms with E-state index in [-0.39, 0.29) is 23.0 Å². The fourth-order valence-corrected chi connectivity index (χ4v) is 5.64. The number of imidazole rings is 1. The van der Waals surface area contributed by atoms with Gasteiger partial charge in [0.05, 0.1) is 28.7 Å². The average Bonchev–Trinajstić information content (AvgIpc) is 3.58. The molecule has 1 unspecified atom stereocenters. The Morgan fingerprint density at radius 3 is 2.53 bits per heavy atom. The highest BCUT2D eigenvalue weighted by Gasteiger charge is 2.30. The van der Waals surface area contributed by atoms with Gasteiger partial charge < -0.3 is 29.0 Å². The minimum absolute atomic E-state index is 0.0114. The number of fused-ring (bicyclic) bond motifs is 2. The van der Waals surface area contributed by atoms with E-state index in [9.17, 15) is 14.0 Å². The van der Waals surface area contributed by atoms with E-state index in [0.29, 0.717) is 61.5 Å². The number of aromatic nitrogens is 4. The smallest absolute Gasteiger partial charge is 0.410 e. The van der Waals surface area contributed by atoms with Crippen LogP contribution in [0.5, 0.6) is 0 Å². The van der Waals surface area contributed by atoms with Crippen LogP contribution in [0, 0.1) is 18.6 Å². The summed E-state index contributed by atoms with van der Waals surface area (Å²) >= 11 is 0. The van der Waals surface area contributed by atoms with Crippen LogP contribution in [0.1, 0.15) is 62.3 Å². The fraction of sp³-hybridized carbons (Fsp3) is 0.467. The van der Waals surface area contributed by atoms with Crippen LogP contribution in [-0.4, -0.2) is 74.5 Å². The molecular weight excluding hydrogens is 560 g/mol. The van der Waals surface area contributed by atoms with E-state index < -0.39 is 29.4 Å². The van der Waals surface area contributed by atoms with Crippen LogP contribution in [0.2, 0.25) is 0 Å². The standard InChI is InChI=1S/C30H35F2N7O4/c1-18-16-38-17-19(13-22(32)27(38)34-18)28(40)35-25-21(31)14-23(20-15-33-39(26(20)25)24-7-5-6-12-42-24)36-8-10-37(11-9-36)29(41)43-30(2,3)4/h13-17,24H,5-12H2,1-4H3,(H,35,40). The summed E-state index contributed by atoms with van der Waals surface area (Å²) in [6, 6.07) is 2.46. The molecule has 11 nitrogen and oxygen atoms in total. The summed E-state index contributed by atoms with van der Waals surface area (Å²) < 4.78 is 45.4. The van der Waals surface area contributed by atoms with Crippen molar-refractivity contribution in [1.82, 2.24) is 24.1 Å². The molecule has 1 atom stereocenters. The molecule has 2 aliphatic rings. The molecule has 2 saturated heterocycles. The second kappa shape index (κ2) is 11.1. The number of nitrogens with zero attached hydrogens (tertiary/aromatic N) is 6. The number of nitrogens with one attached hydrogen (secondary N) is 1. The van der Waals surface area contributed by atoms with Crippen molar-refractivity contribution in [3.63, 3.8) is 0 Å². The van der Waals surface area contributed by atoms with Crippen LogP contribution in [0.3, 0.4) is 0 Å². The molecule has 1 aromatic carbocycles. The minimum Gasteiger partial charge on any atom is -0.444 e. The van der Waals surface area contributed by atoms with Gasteiger partial charge in [-0.15, -0.1) is 0 Å². The lowest BCUT2D eigenvalue weighted by atomic mass is 10.1. The topological polar surface area (TPSA) is 106 Å². The van der Waals surface area contributed by atoms with Crippen LogP contribution in [0.25, 0.3) is 16.6 Å². The lowest BCUT2D eigenvalue weighted by molar-refractivity contribution is -0.0366. The Morgan fingerprint density at radius 1 is 1.07 bits per heavy atom. The van der Waals surface area contributed by atoms with Crippen molar-refractivity contribution in [2.45, 2.75) is 58.8 Å². The first-order valence-corrected chi connectivity index (χ1v) is 14.5. The number of anilines is 2. The molecule has 5 heterocycles. The third-order valence-corrected chi connectivity index (χ3v) is 7.64. The van der Waals surface area contributed by atoms with Gasteiger partial charge in [-0.1, -0.05) is 0 Å². The van der Waals surface area contributed by atoms with E-state index in [2.05, 4.69) is 15.4 Å². The summed E-state index contributed by atoms with van der Waals surface area (Å²) in [6.07, 6.45) is 6.44. The van der Waals surface area contributed by atoms with Crippen molar-refractivity contribution in [3.8, 4) is 0 Å². The number of carbonyl (C=O) groups excluding carboxylic acids is 2. The zero-order chi connectivity index (χ0) is 30.5. The number of pyridine rings is 1. The largest absolute Gasteiger partial charge is 0.444 e. The van der Waals surface area contributed by atoms with Crippen molar-refractivity contribution in [2.75, 3.05) is 43.0 Å². The molecule has 0 radical (unpaired) electrons. The van der Waals surface area contributed by atoms with Gasteiger partial charge in [-0.25, -0.2) is 23.2 Å². The van der Waals surface area contributed by atoms with Gasteiger partial charge in [0.1, 0.15) is 11.3 Å². The molecule has 0 bridgehead atoms. The van der Waals surface area contributed by atoms with Crippen LogP contribution in [0.4, 0.5) is 25.0 Å².